The smallest absolute Gasteiger partial charge is 0.293 e. The fourth-order valence-corrected chi connectivity index (χ4v) is 2.60. The van der Waals surface area contributed by atoms with Crippen molar-refractivity contribution in [1.82, 2.24) is 4.90 Å². The Morgan fingerprint density at radius 1 is 1.45 bits per heavy atom. The van der Waals surface area contributed by atoms with E-state index in [-0.39, 0.29) is 34.2 Å². The van der Waals surface area contributed by atoms with Gasteiger partial charge in [0, 0.05) is 17.7 Å². The predicted molar refractivity (Wildman–Crippen MR) is 78.1 cm³/mol. The summed E-state index contributed by atoms with van der Waals surface area (Å²) in [5.41, 5.74) is -0.213. The number of nitro benzene ring substituents is 1. The first-order chi connectivity index (χ1) is 10.3. The van der Waals surface area contributed by atoms with Crippen LogP contribution in [0.1, 0.15) is 12.5 Å². The lowest BCUT2D eigenvalue weighted by Gasteiger charge is -2.08. The third-order valence-electron chi connectivity index (χ3n) is 2.76. The van der Waals surface area contributed by atoms with Crippen LogP contribution in [-0.2, 0) is 9.59 Å². The van der Waals surface area contributed by atoms with E-state index in [0.29, 0.717) is 11.8 Å². The van der Waals surface area contributed by atoms with E-state index in [1.165, 1.54) is 13.0 Å². The second kappa shape index (κ2) is 5.98. The highest BCUT2D eigenvalue weighted by molar-refractivity contribution is 8.18. The number of hydrogen-bond acceptors (Lipinski definition) is 7. The molecule has 114 valence electrons. The van der Waals surface area contributed by atoms with E-state index < -0.39 is 16.1 Å². The van der Waals surface area contributed by atoms with Crippen molar-refractivity contribution >= 4 is 40.5 Å². The number of imide groups is 1. The van der Waals surface area contributed by atoms with Gasteiger partial charge < -0.3 is 5.11 Å². The summed E-state index contributed by atoms with van der Waals surface area (Å²) in [6.07, 6.45) is 1.19. The minimum absolute atomic E-state index is 0.0120. The number of hydrogen-bond donors (Lipinski definition) is 1. The Bertz CT molecular complexity index is 727. The van der Waals surface area contributed by atoms with E-state index in [4.69, 9.17) is 0 Å². The summed E-state index contributed by atoms with van der Waals surface area (Å²) >= 11 is 0.607. The maximum atomic E-state index is 12.0. The lowest BCUT2D eigenvalue weighted by molar-refractivity contribution is -0.384. The van der Waals surface area contributed by atoms with Crippen LogP contribution in [-0.4, -0.2) is 38.4 Å². The fraction of sp³-hybridized carbons (Fsp3) is 0.154. The van der Waals surface area contributed by atoms with Crippen LogP contribution in [0.4, 0.5) is 10.5 Å². The molecule has 1 aliphatic heterocycles. The third kappa shape index (κ3) is 3.14. The second-order valence-electron chi connectivity index (χ2n) is 4.47. The number of phenolic OH excluding ortho intramolecular Hbond substituents is 1. The number of non-ortho nitro benzene ring substituents is 1. The van der Waals surface area contributed by atoms with Gasteiger partial charge in [0.1, 0.15) is 11.5 Å². The maximum absolute atomic E-state index is 12.0. The molecule has 2 rings (SSSR count). The number of aromatic hydroxyl groups is 1. The van der Waals surface area contributed by atoms with Gasteiger partial charge in [-0.05, 0) is 30.8 Å². The van der Waals surface area contributed by atoms with Gasteiger partial charge in [-0.25, -0.2) is 0 Å². The van der Waals surface area contributed by atoms with Gasteiger partial charge in [0.2, 0.25) is 0 Å². The molecular weight excluding hydrogens is 312 g/mol. The summed E-state index contributed by atoms with van der Waals surface area (Å²) < 4.78 is 0. The van der Waals surface area contributed by atoms with Crippen LogP contribution in [0.15, 0.2) is 23.1 Å². The lowest BCUT2D eigenvalue weighted by Crippen LogP contribution is -2.32. The number of nitrogens with zero attached hydrogens (tertiary/aromatic N) is 2. The first-order valence-electron chi connectivity index (χ1n) is 6.02. The molecule has 0 radical (unpaired) electrons. The van der Waals surface area contributed by atoms with E-state index in [2.05, 4.69) is 0 Å². The summed E-state index contributed by atoms with van der Waals surface area (Å²) in [6.45, 7) is 0.919. The molecule has 0 unspecified atom stereocenters. The van der Waals surface area contributed by atoms with E-state index in [9.17, 15) is 29.6 Å². The van der Waals surface area contributed by atoms with Crippen LogP contribution in [0.5, 0.6) is 5.75 Å². The average Bonchev–Trinajstić information content (AvgIpc) is 2.68. The van der Waals surface area contributed by atoms with Gasteiger partial charge in [-0.2, -0.15) is 0 Å². The Hall–Kier alpha value is -2.68. The van der Waals surface area contributed by atoms with Gasteiger partial charge in [0.25, 0.3) is 16.8 Å². The highest BCUT2D eigenvalue weighted by atomic mass is 32.2. The van der Waals surface area contributed by atoms with Gasteiger partial charge in [0.15, 0.2) is 0 Å². The number of carbonyl (C=O) groups is 3. The number of thioether (sulfide) groups is 1. The molecule has 1 aliphatic rings. The highest BCUT2D eigenvalue weighted by Gasteiger charge is 2.35. The minimum Gasteiger partial charge on any atom is -0.507 e. The molecule has 1 fully saturated rings. The zero-order valence-electron chi connectivity index (χ0n) is 11.3. The standard InChI is InChI=1S/C13H10N2O6S/c1-7(16)6-14-12(18)11(22-13(14)19)5-8-4-9(15(20)21)2-3-10(8)17/h2-5,17H,6H2,1H3/b11-5-. The zero-order chi connectivity index (χ0) is 16.4. The fourth-order valence-electron chi connectivity index (χ4n) is 1.77. The summed E-state index contributed by atoms with van der Waals surface area (Å²) in [5, 5.41) is 19.8. The molecule has 1 aromatic rings. The Balaban J connectivity index is 2.36. The number of phenols is 1. The number of ketones is 1. The number of carbonyl (C=O) groups excluding carboxylic acids is 3. The monoisotopic (exact) mass is 322 g/mol. The molecule has 8 nitrogen and oxygen atoms in total. The van der Waals surface area contributed by atoms with Gasteiger partial charge in [-0.15, -0.1) is 0 Å². The molecule has 0 aliphatic carbocycles. The Morgan fingerprint density at radius 3 is 2.73 bits per heavy atom. The van der Waals surface area contributed by atoms with Crippen LogP contribution in [0.25, 0.3) is 6.08 Å². The molecule has 1 heterocycles. The minimum atomic E-state index is -0.670. The van der Waals surface area contributed by atoms with Gasteiger partial charge in [-0.3, -0.25) is 29.4 Å². The molecule has 2 amide bonds. The Labute approximate surface area is 128 Å². The second-order valence-corrected chi connectivity index (χ2v) is 5.46. The number of amides is 2. The molecule has 0 bridgehead atoms. The predicted octanol–water partition coefficient (Wildman–Crippen LogP) is 1.93. The Morgan fingerprint density at radius 2 is 2.14 bits per heavy atom. The van der Waals surface area contributed by atoms with Crippen molar-refractivity contribution in [2.45, 2.75) is 6.92 Å². The van der Waals surface area contributed by atoms with Crippen LogP contribution in [0.2, 0.25) is 0 Å². The quantitative estimate of drug-likeness (QED) is 0.511. The van der Waals surface area contributed by atoms with Crippen LogP contribution in [0.3, 0.4) is 0 Å². The van der Waals surface area contributed by atoms with E-state index in [1.807, 2.05) is 0 Å². The van der Waals surface area contributed by atoms with E-state index >= 15 is 0 Å². The maximum Gasteiger partial charge on any atom is 0.293 e. The molecule has 0 spiro atoms. The number of Topliss-reactive ketones (excluding diaryl/α,β-unsaturated/α-hetero) is 1. The van der Waals surface area contributed by atoms with Crippen molar-refractivity contribution in [3.63, 3.8) is 0 Å². The Kier molecular flexibility index (Phi) is 4.27. The molecule has 0 atom stereocenters. The molecule has 9 heteroatoms. The van der Waals surface area contributed by atoms with Crippen molar-refractivity contribution in [1.29, 1.82) is 0 Å². The summed E-state index contributed by atoms with van der Waals surface area (Å²) in [4.78, 5) is 45.6. The number of nitro groups is 1. The van der Waals surface area contributed by atoms with Crippen LogP contribution < -0.4 is 0 Å². The first kappa shape index (κ1) is 15.7. The number of rotatable bonds is 4. The van der Waals surface area contributed by atoms with Crippen LogP contribution >= 0.6 is 11.8 Å². The molecule has 1 aromatic carbocycles. The summed E-state index contributed by atoms with van der Waals surface area (Å²) in [6, 6.07) is 3.34. The SMILES string of the molecule is CC(=O)CN1C(=O)S/C(=C\c2cc([N+](=O)[O-])ccc2O)C1=O. The van der Waals surface area contributed by atoms with Crippen molar-refractivity contribution in [2.75, 3.05) is 6.54 Å². The van der Waals surface area contributed by atoms with Crippen molar-refractivity contribution in [3.8, 4) is 5.75 Å². The van der Waals surface area contributed by atoms with Crippen molar-refractivity contribution in [3.05, 3.63) is 38.8 Å². The third-order valence-corrected chi connectivity index (χ3v) is 3.67. The topological polar surface area (TPSA) is 118 Å². The van der Waals surface area contributed by atoms with Gasteiger partial charge >= 0.3 is 0 Å². The first-order valence-corrected chi connectivity index (χ1v) is 6.83. The van der Waals surface area contributed by atoms with Gasteiger partial charge in [-0.1, -0.05) is 0 Å². The number of benzene rings is 1. The zero-order valence-corrected chi connectivity index (χ0v) is 12.1. The van der Waals surface area contributed by atoms with Gasteiger partial charge in [0.05, 0.1) is 16.4 Å². The van der Waals surface area contributed by atoms with Crippen molar-refractivity contribution < 1.29 is 24.4 Å². The molecule has 1 N–H and O–H groups in total. The molecule has 0 aromatic heterocycles. The largest absolute Gasteiger partial charge is 0.507 e. The lowest BCUT2D eigenvalue weighted by atomic mass is 10.1. The normalized spacial score (nSPS) is 16.4. The van der Waals surface area contributed by atoms with Crippen molar-refractivity contribution in [2.24, 2.45) is 0 Å². The molecular formula is C13H10N2O6S. The molecule has 22 heavy (non-hydrogen) atoms. The molecule has 1 saturated heterocycles. The highest BCUT2D eigenvalue weighted by Crippen LogP contribution is 2.34. The van der Waals surface area contributed by atoms with E-state index in [0.717, 1.165) is 23.1 Å². The van der Waals surface area contributed by atoms with Crippen LogP contribution in [0, 0.1) is 10.1 Å². The summed E-state index contributed by atoms with van der Waals surface area (Å²) in [7, 11) is 0. The molecule has 0 saturated carbocycles. The summed E-state index contributed by atoms with van der Waals surface area (Å²) in [5.74, 6) is -1.28. The van der Waals surface area contributed by atoms with E-state index in [1.54, 1.807) is 0 Å². The average molecular weight is 322 g/mol.